The minimum Gasteiger partial charge on any atom is -0.399 e. The first-order chi connectivity index (χ1) is 26.5. The maximum absolute atomic E-state index is 13.8. The molecular weight excluding hydrogens is 884 g/mol. The number of carbonyl (C=O) groups is 4. The lowest BCUT2D eigenvalue weighted by Gasteiger charge is -2.20. The minimum absolute atomic E-state index is 0.0162. The van der Waals surface area contributed by atoms with E-state index in [0.29, 0.717) is 33.6 Å². The molecule has 4 amide bonds. The highest BCUT2D eigenvalue weighted by Gasteiger charge is 2.40. The average Bonchev–Trinajstić information content (AvgIpc) is 3.52. The summed E-state index contributed by atoms with van der Waals surface area (Å²) in [6.45, 7) is 0. The van der Waals surface area contributed by atoms with Crippen molar-refractivity contribution in [3.8, 4) is 33.4 Å². The Hall–Kier alpha value is -4.48. The third-order valence-corrected chi connectivity index (χ3v) is 11.7. The SMILES string of the molecule is Nc1cc(Cl)c(-c2ccc3c(c2)C(=O)N(c2cc(Cl)c(-c4cc(Cl)c(N5C(=O)c6ccc(-c7c(Cl)cc(N)cc7Cl)cc6C5=O)cc4Cl)cc2Cl)C3=O)c(Cl)c1. The van der Waals surface area contributed by atoms with Crippen LogP contribution in [0.5, 0.6) is 0 Å². The van der Waals surface area contributed by atoms with E-state index < -0.39 is 23.6 Å². The molecule has 278 valence electrons. The van der Waals surface area contributed by atoms with E-state index in [1.54, 1.807) is 12.1 Å². The van der Waals surface area contributed by atoms with Gasteiger partial charge in [-0.1, -0.05) is 105 Å². The fourth-order valence-corrected chi connectivity index (χ4v) is 9.26. The van der Waals surface area contributed by atoms with Crippen LogP contribution in [0.2, 0.25) is 40.2 Å². The first kappa shape index (κ1) is 38.4. The van der Waals surface area contributed by atoms with Crippen LogP contribution >= 0.6 is 92.8 Å². The fraction of sp³-hybridized carbons (Fsp3) is 0. The smallest absolute Gasteiger partial charge is 0.266 e. The Morgan fingerprint density at radius 3 is 1.00 bits per heavy atom. The molecule has 2 aliphatic heterocycles. The molecule has 0 aromatic heterocycles. The Balaban J connectivity index is 1.10. The van der Waals surface area contributed by atoms with Crippen LogP contribution in [-0.2, 0) is 0 Å². The maximum Gasteiger partial charge on any atom is 0.266 e. The zero-order valence-electron chi connectivity index (χ0n) is 27.8. The number of amides is 4. The van der Waals surface area contributed by atoms with E-state index in [1.807, 2.05) is 0 Å². The number of nitrogens with zero attached hydrogens (tertiary/aromatic N) is 2. The molecule has 0 bridgehead atoms. The first-order valence-electron chi connectivity index (χ1n) is 16.1. The van der Waals surface area contributed by atoms with Gasteiger partial charge in [-0.3, -0.25) is 19.2 Å². The quantitative estimate of drug-likeness (QED) is 0.131. The third kappa shape index (κ3) is 6.16. The van der Waals surface area contributed by atoms with Gasteiger partial charge >= 0.3 is 0 Å². The highest BCUT2D eigenvalue weighted by molar-refractivity contribution is 6.45. The first-order valence-corrected chi connectivity index (χ1v) is 19.1. The molecule has 6 aromatic rings. The van der Waals surface area contributed by atoms with Crippen LogP contribution in [-0.4, -0.2) is 23.6 Å². The van der Waals surface area contributed by atoms with Gasteiger partial charge in [-0.15, -0.1) is 0 Å². The third-order valence-electron chi connectivity index (χ3n) is 9.32. The molecule has 56 heavy (non-hydrogen) atoms. The second-order valence-corrected chi connectivity index (χ2v) is 16.0. The zero-order valence-corrected chi connectivity index (χ0v) is 33.8. The van der Waals surface area contributed by atoms with Crippen LogP contribution < -0.4 is 21.3 Å². The predicted octanol–water partition coefficient (Wildman–Crippen LogP) is 12.7. The Bertz CT molecular complexity index is 2590. The molecule has 0 fully saturated rings. The van der Waals surface area contributed by atoms with E-state index in [2.05, 4.69) is 0 Å². The van der Waals surface area contributed by atoms with Gasteiger partial charge in [0, 0.05) is 33.6 Å². The summed E-state index contributed by atoms with van der Waals surface area (Å²) < 4.78 is 0. The van der Waals surface area contributed by atoms with Gasteiger partial charge in [-0.05, 0) is 83.9 Å². The summed E-state index contributed by atoms with van der Waals surface area (Å²) in [6, 6.07) is 21.0. The molecule has 8 rings (SSSR count). The van der Waals surface area contributed by atoms with E-state index >= 15 is 0 Å². The highest BCUT2D eigenvalue weighted by Crippen LogP contribution is 2.47. The largest absolute Gasteiger partial charge is 0.399 e. The van der Waals surface area contributed by atoms with Crippen molar-refractivity contribution in [2.24, 2.45) is 0 Å². The molecule has 0 spiro atoms. The number of benzene rings is 6. The van der Waals surface area contributed by atoms with E-state index in [-0.39, 0.29) is 84.9 Å². The lowest BCUT2D eigenvalue weighted by atomic mass is 10.00. The maximum atomic E-state index is 13.8. The fourth-order valence-electron chi connectivity index (χ4n) is 6.80. The molecule has 4 N–H and O–H groups in total. The number of hydrogen-bond donors (Lipinski definition) is 2. The van der Waals surface area contributed by atoms with Crippen molar-refractivity contribution in [1.82, 2.24) is 0 Å². The zero-order chi connectivity index (χ0) is 40.1. The molecular formula is C40H18Cl8N4O4. The second kappa shape index (κ2) is 14.2. The summed E-state index contributed by atoms with van der Waals surface area (Å²) in [7, 11) is 0. The lowest BCUT2D eigenvalue weighted by molar-refractivity contribution is 0.0910. The summed E-state index contributed by atoms with van der Waals surface area (Å²) in [5, 5.41) is 1.15. The molecule has 2 heterocycles. The normalized spacial score (nSPS) is 13.6. The van der Waals surface area contributed by atoms with Crippen LogP contribution in [0.1, 0.15) is 41.4 Å². The van der Waals surface area contributed by atoms with Crippen LogP contribution in [0.15, 0.2) is 84.9 Å². The molecule has 0 saturated heterocycles. The molecule has 16 heteroatoms. The minimum atomic E-state index is -0.654. The molecule has 0 aliphatic carbocycles. The number of hydrogen-bond acceptors (Lipinski definition) is 6. The molecule has 0 radical (unpaired) electrons. The average molecular weight is 902 g/mol. The van der Waals surface area contributed by atoms with Crippen molar-refractivity contribution in [2.75, 3.05) is 21.3 Å². The van der Waals surface area contributed by atoms with Crippen LogP contribution in [0.4, 0.5) is 22.7 Å². The van der Waals surface area contributed by atoms with Crippen LogP contribution in [0, 0.1) is 0 Å². The Kier molecular flexibility index (Phi) is 9.71. The summed E-state index contributed by atoms with van der Waals surface area (Å²) in [4.78, 5) is 56.6. The van der Waals surface area contributed by atoms with E-state index in [0.717, 1.165) is 9.80 Å². The number of nitrogen functional groups attached to an aromatic ring is 2. The molecule has 2 aliphatic rings. The van der Waals surface area contributed by atoms with E-state index in [4.69, 9.17) is 104 Å². The van der Waals surface area contributed by atoms with Gasteiger partial charge in [0.15, 0.2) is 0 Å². The number of rotatable bonds is 5. The van der Waals surface area contributed by atoms with Gasteiger partial charge < -0.3 is 11.5 Å². The number of carbonyl (C=O) groups excluding carboxylic acids is 4. The molecule has 0 unspecified atom stereocenters. The van der Waals surface area contributed by atoms with Gasteiger partial charge in [0.2, 0.25) is 0 Å². The van der Waals surface area contributed by atoms with Gasteiger partial charge in [-0.2, -0.15) is 0 Å². The van der Waals surface area contributed by atoms with Gasteiger partial charge in [0.05, 0.1) is 73.8 Å². The van der Waals surface area contributed by atoms with Crippen molar-refractivity contribution in [3.63, 3.8) is 0 Å². The molecule has 6 aromatic carbocycles. The Labute approximate surface area is 357 Å². The Morgan fingerprint density at radius 1 is 0.339 bits per heavy atom. The molecule has 0 saturated carbocycles. The van der Waals surface area contributed by atoms with Crippen molar-refractivity contribution in [2.45, 2.75) is 0 Å². The number of halogens is 8. The number of nitrogens with two attached hydrogens (primary N) is 2. The summed E-state index contributed by atoms with van der Waals surface area (Å²) in [5.74, 6) is -2.57. The van der Waals surface area contributed by atoms with Crippen molar-refractivity contribution in [3.05, 3.63) is 147 Å². The predicted molar refractivity (Wildman–Crippen MR) is 227 cm³/mol. The molecule has 0 atom stereocenters. The highest BCUT2D eigenvalue weighted by atomic mass is 35.5. The van der Waals surface area contributed by atoms with Crippen molar-refractivity contribution in [1.29, 1.82) is 0 Å². The number of anilines is 4. The second-order valence-electron chi connectivity index (χ2n) is 12.7. The Morgan fingerprint density at radius 2 is 0.661 bits per heavy atom. The number of fused-ring (bicyclic) bond motifs is 2. The van der Waals surface area contributed by atoms with Crippen LogP contribution in [0.25, 0.3) is 33.4 Å². The van der Waals surface area contributed by atoms with Crippen molar-refractivity contribution >= 4 is 139 Å². The summed E-state index contributed by atoms with van der Waals surface area (Å²) >= 11 is 52.7. The molecule has 8 nitrogen and oxygen atoms in total. The summed E-state index contributed by atoms with van der Waals surface area (Å²) in [6.07, 6.45) is 0. The van der Waals surface area contributed by atoms with Gasteiger partial charge in [0.1, 0.15) is 0 Å². The van der Waals surface area contributed by atoms with Crippen molar-refractivity contribution < 1.29 is 19.2 Å². The van der Waals surface area contributed by atoms with Crippen LogP contribution in [0.3, 0.4) is 0 Å². The van der Waals surface area contributed by atoms with Gasteiger partial charge in [-0.25, -0.2) is 9.80 Å². The number of imide groups is 2. The van der Waals surface area contributed by atoms with Gasteiger partial charge in [0.25, 0.3) is 23.6 Å². The standard InChI is InChI=1S/C40H18Cl8N4O4/c41-25-13-33(51-37(53)19-3-1-15(5-23(19)39(51)55)35-29(45)7-17(49)8-30(35)46)27(43)11-21(25)22-12-28(44)34(14-26(22)42)52-38(54)20-4-2-16(6-24(20)40(52)56)36-31(47)9-18(50)10-32(36)48/h1-14H,49-50H2. The van der Waals surface area contributed by atoms with E-state index in [9.17, 15) is 19.2 Å². The summed E-state index contributed by atoms with van der Waals surface area (Å²) in [5.41, 5.74) is 15.4. The monoisotopic (exact) mass is 898 g/mol. The topological polar surface area (TPSA) is 127 Å². The van der Waals surface area contributed by atoms with E-state index in [1.165, 1.54) is 72.8 Å². The lowest BCUT2D eigenvalue weighted by Crippen LogP contribution is -2.29.